The van der Waals surface area contributed by atoms with Crippen molar-refractivity contribution in [2.45, 2.75) is 162 Å². The van der Waals surface area contributed by atoms with E-state index in [1.807, 2.05) is 6.07 Å². The average Bonchev–Trinajstić information content (AvgIpc) is 3.04. The van der Waals surface area contributed by atoms with Crippen LogP contribution in [0.4, 0.5) is 4.79 Å². The molecule has 0 aliphatic carbocycles. The lowest BCUT2D eigenvalue weighted by Gasteiger charge is -2.21. The van der Waals surface area contributed by atoms with Crippen LogP contribution in [0.1, 0.15) is 160 Å². The lowest BCUT2D eigenvalue weighted by atomic mass is 10.0. The molecule has 1 aromatic carbocycles. The van der Waals surface area contributed by atoms with Crippen LogP contribution in [0, 0.1) is 0 Å². The highest BCUT2D eigenvalue weighted by Gasteiger charge is 2.08. The minimum absolute atomic E-state index is 0.304. The Morgan fingerprint density at radius 3 is 1.64 bits per heavy atom. The van der Waals surface area contributed by atoms with E-state index in [1.54, 1.807) is 0 Å². The number of hydrogen-bond donors (Lipinski definition) is 2. The second-order valence-electron chi connectivity index (χ2n) is 12.7. The highest BCUT2D eigenvalue weighted by molar-refractivity contribution is 5.67. The third-order valence-corrected chi connectivity index (χ3v) is 8.65. The average molecular weight is 616 g/mol. The predicted octanol–water partition coefficient (Wildman–Crippen LogP) is 9.74. The summed E-state index contributed by atoms with van der Waals surface area (Å²) in [5.74, 6) is 0. The summed E-state index contributed by atoms with van der Waals surface area (Å²) in [6.45, 7) is 9.68. The van der Waals surface area contributed by atoms with E-state index in [1.165, 1.54) is 128 Å². The molecule has 0 unspecified atom stereocenters. The third kappa shape index (κ3) is 24.3. The second-order valence-corrected chi connectivity index (χ2v) is 12.7. The van der Waals surface area contributed by atoms with E-state index >= 15 is 0 Å². The van der Waals surface area contributed by atoms with Crippen LogP contribution in [0.25, 0.3) is 0 Å². The lowest BCUT2D eigenvalue weighted by Crippen LogP contribution is -2.31. The van der Waals surface area contributed by atoms with Crippen LogP contribution in [-0.2, 0) is 22.6 Å². The summed E-state index contributed by atoms with van der Waals surface area (Å²) in [7, 11) is 0. The highest BCUT2D eigenvalue weighted by atomic mass is 16.5. The number of carbonyl (C=O) groups is 2. The Labute approximate surface area is 271 Å². The normalized spacial score (nSPS) is 11.2. The van der Waals surface area contributed by atoms with Gasteiger partial charge in [0, 0.05) is 13.1 Å². The van der Waals surface area contributed by atoms with Gasteiger partial charge in [0.15, 0.2) is 0 Å². The number of unbranched alkanes of at least 4 members (excludes halogenated alkanes) is 17. The first-order valence-corrected chi connectivity index (χ1v) is 18.6. The maximum absolute atomic E-state index is 12.3. The number of nitrogens with one attached hydrogen (secondary N) is 2. The molecule has 0 fully saturated rings. The fourth-order valence-electron chi connectivity index (χ4n) is 5.80. The Morgan fingerprint density at radius 1 is 0.636 bits per heavy atom. The van der Waals surface area contributed by atoms with Crippen molar-refractivity contribution >= 4 is 12.5 Å². The van der Waals surface area contributed by atoms with Crippen LogP contribution in [0.15, 0.2) is 24.3 Å². The lowest BCUT2D eigenvalue weighted by molar-refractivity contribution is -0.109. The van der Waals surface area contributed by atoms with Crippen LogP contribution in [-0.4, -0.2) is 50.1 Å². The summed E-state index contributed by atoms with van der Waals surface area (Å²) in [4.78, 5) is 25.0. The molecule has 0 bridgehead atoms. The van der Waals surface area contributed by atoms with Gasteiger partial charge in [-0.05, 0) is 69.3 Å². The smallest absolute Gasteiger partial charge is 0.407 e. The fourth-order valence-corrected chi connectivity index (χ4v) is 5.80. The molecule has 0 atom stereocenters. The zero-order valence-corrected chi connectivity index (χ0v) is 28.9. The van der Waals surface area contributed by atoms with Crippen molar-refractivity contribution < 1.29 is 14.3 Å². The van der Waals surface area contributed by atoms with Crippen LogP contribution >= 0.6 is 0 Å². The molecule has 0 aliphatic rings. The zero-order chi connectivity index (χ0) is 31.8. The molecule has 254 valence electrons. The van der Waals surface area contributed by atoms with Crippen molar-refractivity contribution in [3.05, 3.63) is 35.4 Å². The van der Waals surface area contributed by atoms with E-state index in [0.29, 0.717) is 13.2 Å². The Morgan fingerprint density at radius 2 is 1.11 bits per heavy atom. The monoisotopic (exact) mass is 616 g/mol. The number of carbonyl (C=O) groups excluding carboxylic acids is 2. The van der Waals surface area contributed by atoms with Crippen molar-refractivity contribution in [3.63, 3.8) is 0 Å². The van der Waals surface area contributed by atoms with Crippen LogP contribution in [0.5, 0.6) is 0 Å². The molecule has 0 saturated carbocycles. The molecule has 1 aromatic rings. The highest BCUT2D eigenvalue weighted by Crippen LogP contribution is 2.17. The molecule has 0 heterocycles. The molecule has 0 saturated heterocycles. The van der Waals surface area contributed by atoms with Gasteiger partial charge >= 0.3 is 6.09 Å². The van der Waals surface area contributed by atoms with Crippen LogP contribution < -0.4 is 10.6 Å². The summed E-state index contributed by atoms with van der Waals surface area (Å²) in [6.07, 6.45) is 28.7. The van der Waals surface area contributed by atoms with Gasteiger partial charge in [0.2, 0.25) is 6.41 Å². The van der Waals surface area contributed by atoms with E-state index in [4.69, 9.17) is 4.74 Å². The van der Waals surface area contributed by atoms with Crippen molar-refractivity contribution in [1.29, 1.82) is 0 Å². The van der Waals surface area contributed by atoms with Gasteiger partial charge in [-0.1, -0.05) is 141 Å². The first kappa shape index (κ1) is 39.9. The molecular weight excluding hydrogens is 546 g/mol. The number of nitrogens with zero attached hydrogens (tertiary/aromatic N) is 1. The summed E-state index contributed by atoms with van der Waals surface area (Å²) in [5, 5.41) is 5.68. The SMILES string of the molecule is CCCCN(CCCC)CCCNC(=O)OCc1ccccc1CCCCCCCCCCCCCCCCCCNC=O. The van der Waals surface area contributed by atoms with E-state index in [0.717, 1.165) is 57.4 Å². The van der Waals surface area contributed by atoms with Gasteiger partial charge in [0.05, 0.1) is 0 Å². The topological polar surface area (TPSA) is 70.7 Å². The Hall–Kier alpha value is -2.08. The van der Waals surface area contributed by atoms with Gasteiger partial charge in [-0.3, -0.25) is 4.79 Å². The van der Waals surface area contributed by atoms with Crippen LogP contribution in [0.2, 0.25) is 0 Å². The molecule has 6 heteroatoms. The summed E-state index contributed by atoms with van der Waals surface area (Å²) in [6, 6.07) is 8.42. The molecule has 0 aromatic heterocycles. The summed E-state index contributed by atoms with van der Waals surface area (Å²) >= 11 is 0. The minimum atomic E-state index is -0.304. The molecule has 0 spiro atoms. The van der Waals surface area contributed by atoms with Gasteiger partial charge < -0.3 is 20.3 Å². The van der Waals surface area contributed by atoms with Crippen molar-refractivity contribution in [2.24, 2.45) is 0 Å². The second kappa shape index (κ2) is 30.9. The first-order valence-electron chi connectivity index (χ1n) is 18.6. The maximum Gasteiger partial charge on any atom is 0.407 e. The zero-order valence-electron chi connectivity index (χ0n) is 28.9. The summed E-state index contributed by atoms with van der Waals surface area (Å²) < 4.78 is 5.57. The number of rotatable bonds is 32. The van der Waals surface area contributed by atoms with Crippen molar-refractivity contribution in [3.8, 4) is 0 Å². The number of aryl methyl sites for hydroxylation is 1. The van der Waals surface area contributed by atoms with Gasteiger partial charge in [0.1, 0.15) is 6.61 Å². The number of ether oxygens (including phenoxy) is 1. The molecule has 1 rings (SSSR count). The van der Waals surface area contributed by atoms with Crippen LogP contribution in [0.3, 0.4) is 0 Å². The van der Waals surface area contributed by atoms with E-state index in [9.17, 15) is 9.59 Å². The summed E-state index contributed by atoms with van der Waals surface area (Å²) in [5.41, 5.74) is 2.45. The molecule has 2 N–H and O–H groups in total. The quantitative estimate of drug-likeness (QED) is 0.0625. The standard InChI is InChI=1S/C38H69N3O3/c1-3-5-31-41(32-6-4-2)33-25-30-40-38(43)44-34-37-28-23-22-27-36(37)26-21-19-17-15-13-11-9-7-8-10-12-14-16-18-20-24-29-39-35-42/h22-23,27-28,35H,3-21,24-26,29-34H2,1-2H3,(H,39,42)(H,40,43). The van der Waals surface area contributed by atoms with E-state index in [2.05, 4.69) is 47.6 Å². The molecule has 0 radical (unpaired) electrons. The molecule has 44 heavy (non-hydrogen) atoms. The first-order chi connectivity index (χ1) is 21.7. The molecular formula is C38H69N3O3. The Kier molecular flexibility index (Phi) is 28.1. The Balaban J connectivity index is 2.02. The predicted molar refractivity (Wildman–Crippen MR) is 187 cm³/mol. The van der Waals surface area contributed by atoms with Gasteiger partial charge in [0.25, 0.3) is 0 Å². The third-order valence-electron chi connectivity index (χ3n) is 8.65. The largest absolute Gasteiger partial charge is 0.445 e. The van der Waals surface area contributed by atoms with Gasteiger partial charge in [-0.25, -0.2) is 4.79 Å². The number of alkyl carbamates (subject to hydrolysis) is 1. The molecule has 6 nitrogen and oxygen atoms in total. The molecule has 0 aliphatic heterocycles. The molecule has 2 amide bonds. The maximum atomic E-state index is 12.3. The van der Waals surface area contributed by atoms with Gasteiger partial charge in [-0.2, -0.15) is 0 Å². The number of hydrogen-bond acceptors (Lipinski definition) is 4. The number of benzene rings is 1. The van der Waals surface area contributed by atoms with Gasteiger partial charge in [-0.15, -0.1) is 0 Å². The van der Waals surface area contributed by atoms with E-state index in [-0.39, 0.29) is 6.09 Å². The number of amides is 2. The van der Waals surface area contributed by atoms with E-state index < -0.39 is 0 Å². The fraction of sp³-hybridized carbons (Fsp3) is 0.789. The Bertz CT molecular complexity index is 780. The van der Waals surface area contributed by atoms with Crippen molar-refractivity contribution in [1.82, 2.24) is 15.5 Å². The van der Waals surface area contributed by atoms with Crippen molar-refractivity contribution in [2.75, 3.05) is 32.7 Å². The minimum Gasteiger partial charge on any atom is -0.445 e.